The molecule has 4 saturated carbocycles. The van der Waals surface area contributed by atoms with Gasteiger partial charge in [-0.1, -0.05) is 12.1 Å². The molecule has 0 spiro atoms. The fraction of sp³-hybridized carbons (Fsp3) is 0.613. The van der Waals surface area contributed by atoms with Crippen LogP contribution in [0.5, 0.6) is 11.5 Å². The molecule has 39 heavy (non-hydrogen) atoms. The van der Waals surface area contributed by atoms with Crippen molar-refractivity contribution in [2.45, 2.75) is 70.6 Å². The van der Waals surface area contributed by atoms with Gasteiger partial charge in [-0.3, -0.25) is 9.59 Å². The van der Waals surface area contributed by atoms with Gasteiger partial charge in [-0.15, -0.1) is 11.3 Å². The molecule has 4 aliphatic carbocycles. The average Bonchev–Trinajstić information content (AvgIpc) is 3.70. The summed E-state index contributed by atoms with van der Waals surface area (Å²) in [4.78, 5) is 33.4. The molecule has 7 nitrogen and oxygen atoms in total. The van der Waals surface area contributed by atoms with E-state index in [2.05, 4.69) is 6.07 Å². The molecule has 2 amide bonds. The van der Waals surface area contributed by atoms with Crippen molar-refractivity contribution < 1.29 is 23.8 Å². The number of hydrogen-bond acceptors (Lipinski definition) is 6. The number of thiophene rings is 1. The highest BCUT2D eigenvalue weighted by Crippen LogP contribution is 2.60. The van der Waals surface area contributed by atoms with Crippen LogP contribution in [0.1, 0.15) is 61.8 Å². The van der Waals surface area contributed by atoms with Crippen molar-refractivity contribution in [1.29, 1.82) is 0 Å². The Labute approximate surface area is 234 Å². The van der Waals surface area contributed by atoms with Gasteiger partial charge in [-0.25, -0.2) is 0 Å². The van der Waals surface area contributed by atoms with Gasteiger partial charge in [0.1, 0.15) is 0 Å². The summed E-state index contributed by atoms with van der Waals surface area (Å²) in [6.45, 7) is 2.56. The molecule has 208 valence electrons. The maximum Gasteiger partial charge on any atom is 0.242 e. The van der Waals surface area contributed by atoms with Crippen molar-refractivity contribution in [3.8, 4) is 11.5 Å². The van der Waals surface area contributed by atoms with Crippen LogP contribution < -0.4 is 9.47 Å². The molecule has 2 aliphatic heterocycles. The van der Waals surface area contributed by atoms with E-state index in [9.17, 15) is 9.59 Å². The number of rotatable bonds is 9. The third kappa shape index (κ3) is 5.18. The van der Waals surface area contributed by atoms with E-state index in [1.807, 2.05) is 39.4 Å². The second-order valence-electron chi connectivity index (χ2n) is 12.5. The second kappa shape index (κ2) is 10.4. The van der Waals surface area contributed by atoms with Crippen LogP contribution in [0.4, 0.5) is 0 Å². The Hall–Kier alpha value is -2.58. The van der Waals surface area contributed by atoms with Crippen LogP contribution in [-0.4, -0.2) is 54.2 Å². The minimum absolute atomic E-state index is 0.0165. The minimum Gasteiger partial charge on any atom is -0.454 e. The summed E-state index contributed by atoms with van der Waals surface area (Å²) in [7, 11) is 0. The van der Waals surface area contributed by atoms with Crippen LogP contribution in [0, 0.1) is 23.2 Å². The molecule has 3 heterocycles. The Kier molecular flexibility index (Phi) is 6.79. The maximum absolute atomic E-state index is 14.4. The number of carbonyl (C=O) groups is 2. The monoisotopic (exact) mass is 550 g/mol. The lowest BCUT2D eigenvalue weighted by Gasteiger charge is -2.56. The molecule has 8 rings (SSSR count). The highest BCUT2D eigenvalue weighted by Gasteiger charge is 2.56. The summed E-state index contributed by atoms with van der Waals surface area (Å²) >= 11 is 1.65. The quantitative estimate of drug-likeness (QED) is 0.428. The predicted molar refractivity (Wildman–Crippen MR) is 147 cm³/mol. The normalized spacial score (nSPS) is 30.1. The van der Waals surface area contributed by atoms with E-state index in [1.165, 1.54) is 19.3 Å². The Balaban J connectivity index is 1.13. The lowest BCUT2D eigenvalue weighted by molar-refractivity contribution is -0.162. The van der Waals surface area contributed by atoms with Crippen LogP contribution in [-0.2, 0) is 27.4 Å². The largest absolute Gasteiger partial charge is 0.454 e. The second-order valence-corrected chi connectivity index (χ2v) is 13.6. The summed E-state index contributed by atoms with van der Waals surface area (Å²) < 4.78 is 17.0. The highest BCUT2D eigenvalue weighted by atomic mass is 32.1. The van der Waals surface area contributed by atoms with Crippen molar-refractivity contribution in [1.82, 2.24) is 9.80 Å². The van der Waals surface area contributed by atoms with Gasteiger partial charge in [-0.05, 0) is 98.3 Å². The zero-order chi connectivity index (χ0) is 26.4. The molecule has 1 aromatic carbocycles. The Morgan fingerprint density at radius 2 is 1.72 bits per heavy atom. The van der Waals surface area contributed by atoms with E-state index in [4.69, 9.17) is 14.2 Å². The first kappa shape index (κ1) is 25.4. The summed E-state index contributed by atoms with van der Waals surface area (Å²) in [6.07, 6.45) is 8.89. The molecule has 1 unspecified atom stereocenters. The Bertz CT molecular complexity index is 1170. The van der Waals surface area contributed by atoms with E-state index < -0.39 is 0 Å². The van der Waals surface area contributed by atoms with Crippen LogP contribution in [0.15, 0.2) is 35.7 Å². The lowest BCUT2D eigenvalue weighted by Crippen LogP contribution is -2.57. The number of benzene rings is 1. The Morgan fingerprint density at radius 1 is 0.949 bits per heavy atom. The smallest absolute Gasteiger partial charge is 0.242 e. The predicted octanol–water partition coefficient (Wildman–Crippen LogP) is 5.23. The summed E-state index contributed by atoms with van der Waals surface area (Å²) in [6, 6.07) is 9.94. The molecule has 8 heteroatoms. The number of ether oxygens (including phenoxy) is 3. The van der Waals surface area contributed by atoms with Gasteiger partial charge in [-0.2, -0.15) is 0 Å². The number of carbonyl (C=O) groups excluding carboxylic acids is 2. The number of amides is 2. The van der Waals surface area contributed by atoms with Crippen LogP contribution in [0.2, 0.25) is 0 Å². The van der Waals surface area contributed by atoms with Crippen molar-refractivity contribution in [2.24, 2.45) is 23.2 Å². The summed E-state index contributed by atoms with van der Waals surface area (Å²) in [5.74, 6) is 3.69. The molecule has 2 aromatic rings. The van der Waals surface area contributed by atoms with E-state index in [0.717, 1.165) is 54.9 Å². The van der Waals surface area contributed by atoms with Crippen molar-refractivity contribution >= 4 is 23.2 Å². The van der Waals surface area contributed by atoms with Gasteiger partial charge < -0.3 is 24.0 Å². The summed E-state index contributed by atoms with van der Waals surface area (Å²) in [5.41, 5.74) is 0.714. The summed E-state index contributed by atoms with van der Waals surface area (Å²) in [5, 5.41) is 2.04. The van der Waals surface area contributed by atoms with Gasteiger partial charge in [0.2, 0.25) is 18.6 Å². The fourth-order valence-electron chi connectivity index (χ4n) is 8.31. The van der Waals surface area contributed by atoms with Gasteiger partial charge in [0.15, 0.2) is 11.5 Å². The molecular formula is C31H38N2O5S. The SMILES string of the molecule is O=C(CN(CC1CCCO1)C(=O)C12CC3CC(CC(C3)C1)C2)N(Cc1ccc2c(c1)OCO2)Cc1cccs1. The molecule has 0 radical (unpaired) electrons. The molecule has 1 aromatic heterocycles. The molecule has 5 fully saturated rings. The Morgan fingerprint density at radius 3 is 2.41 bits per heavy atom. The van der Waals surface area contributed by atoms with Gasteiger partial charge in [0.05, 0.1) is 24.6 Å². The number of nitrogens with zero attached hydrogens (tertiary/aromatic N) is 2. The van der Waals surface area contributed by atoms with Crippen LogP contribution >= 0.6 is 11.3 Å². The highest BCUT2D eigenvalue weighted by molar-refractivity contribution is 7.09. The van der Waals surface area contributed by atoms with Gasteiger partial charge in [0, 0.05) is 24.6 Å². The first-order chi connectivity index (χ1) is 19.0. The molecule has 1 saturated heterocycles. The lowest BCUT2D eigenvalue weighted by atomic mass is 9.49. The van der Waals surface area contributed by atoms with E-state index in [-0.39, 0.29) is 36.7 Å². The van der Waals surface area contributed by atoms with Crippen LogP contribution in [0.3, 0.4) is 0 Å². The molecule has 6 aliphatic rings. The molecule has 0 N–H and O–H groups in total. The minimum atomic E-state index is -0.274. The zero-order valence-electron chi connectivity index (χ0n) is 22.5. The maximum atomic E-state index is 14.4. The molecule has 4 bridgehead atoms. The van der Waals surface area contributed by atoms with Gasteiger partial charge >= 0.3 is 0 Å². The van der Waals surface area contributed by atoms with Gasteiger partial charge in [0.25, 0.3) is 0 Å². The molecular weight excluding hydrogens is 512 g/mol. The van der Waals surface area contributed by atoms with Crippen LogP contribution in [0.25, 0.3) is 0 Å². The first-order valence-electron chi connectivity index (χ1n) is 14.6. The topological polar surface area (TPSA) is 68.3 Å². The van der Waals surface area contributed by atoms with E-state index >= 15 is 0 Å². The van der Waals surface area contributed by atoms with Crippen molar-refractivity contribution in [3.63, 3.8) is 0 Å². The number of fused-ring (bicyclic) bond motifs is 1. The van der Waals surface area contributed by atoms with E-state index in [1.54, 1.807) is 11.3 Å². The third-order valence-corrected chi connectivity index (χ3v) is 10.5. The van der Waals surface area contributed by atoms with Crippen molar-refractivity contribution in [2.75, 3.05) is 26.5 Å². The molecule has 1 atom stereocenters. The zero-order valence-corrected chi connectivity index (χ0v) is 23.3. The first-order valence-corrected chi connectivity index (χ1v) is 15.5. The standard InChI is InChI=1S/C31H38N2O5S/c34-29(32(18-26-4-2-8-39-26)16-21-5-6-27-28(12-21)38-20-37-27)19-33(17-25-3-1-7-36-25)30(35)31-13-22-9-23(14-31)11-24(10-22)15-31/h2,4-6,8,12,22-25H,1,3,7,9-11,13-20H2. The van der Waals surface area contributed by atoms with E-state index in [0.29, 0.717) is 43.1 Å². The third-order valence-electron chi connectivity index (χ3n) is 9.64. The number of hydrogen-bond donors (Lipinski definition) is 0. The average molecular weight is 551 g/mol. The fourth-order valence-corrected chi connectivity index (χ4v) is 9.03. The van der Waals surface area contributed by atoms with Crippen molar-refractivity contribution in [3.05, 3.63) is 46.2 Å².